The van der Waals surface area contributed by atoms with E-state index in [0.29, 0.717) is 19.0 Å². The SMILES string of the molecule is O=C(NCc1cccc(NC(=O)C2CCC2)c1)NCC1CCCc2ccccc21. The van der Waals surface area contributed by atoms with Crippen LogP contribution >= 0.6 is 0 Å². The molecule has 0 aliphatic heterocycles. The van der Waals surface area contributed by atoms with Gasteiger partial charge >= 0.3 is 6.03 Å². The lowest BCUT2D eigenvalue weighted by molar-refractivity contribution is -0.122. The molecule has 2 aromatic carbocycles. The van der Waals surface area contributed by atoms with Gasteiger partial charge in [-0.3, -0.25) is 4.79 Å². The van der Waals surface area contributed by atoms with Crippen molar-refractivity contribution in [2.45, 2.75) is 51.0 Å². The zero-order valence-electron chi connectivity index (χ0n) is 16.7. The van der Waals surface area contributed by atoms with Crippen molar-refractivity contribution >= 4 is 17.6 Å². The number of anilines is 1. The number of amides is 3. The summed E-state index contributed by atoms with van der Waals surface area (Å²) >= 11 is 0. The number of hydrogen-bond acceptors (Lipinski definition) is 2. The molecule has 152 valence electrons. The van der Waals surface area contributed by atoms with Gasteiger partial charge in [0.05, 0.1) is 0 Å². The van der Waals surface area contributed by atoms with Gasteiger partial charge in [0.15, 0.2) is 0 Å². The van der Waals surface area contributed by atoms with Crippen LogP contribution in [-0.4, -0.2) is 18.5 Å². The zero-order valence-corrected chi connectivity index (χ0v) is 16.7. The first-order chi connectivity index (χ1) is 14.2. The molecule has 0 saturated heterocycles. The normalized spacial score (nSPS) is 18.3. The molecule has 0 aromatic heterocycles. The fraction of sp³-hybridized carbons (Fsp3) is 0.417. The van der Waals surface area contributed by atoms with Crippen LogP contribution in [0.4, 0.5) is 10.5 Å². The molecule has 2 aromatic rings. The van der Waals surface area contributed by atoms with E-state index in [0.717, 1.165) is 43.4 Å². The lowest BCUT2D eigenvalue weighted by Gasteiger charge is -2.25. The van der Waals surface area contributed by atoms with Crippen LogP contribution in [0.25, 0.3) is 0 Å². The topological polar surface area (TPSA) is 70.2 Å². The van der Waals surface area contributed by atoms with Crippen molar-refractivity contribution in [3.8, 4) is 0 Å². The van der Waals surface area contributed by atoms with Crippen LogP contribution in [0.2, 0.25) is 0 Å². The molecule has 2 aliphatic rings. The molecule has 1 fully saturated rings. The van der Waals surface area contributed by atoms with E-state index in [1.165, 1.54) is 17.5 Å². The van der Waals surface area contributed by atoms with E-state index in [4.69, 9.17) is 0 Å². The molecule has 5 nitrogen and oxygen atoms in total. The summed E-state index contributed by atoms with van der Waals surface area (Å²) in [6, 6.07) is 16.1. The average Bonchev–Trinajstić information content (AvgIpc) is 2.69. The van der Waals surface area contributed by atoms with Gasteiger partial charge < -0.3 is 16.0 Å². The van der Waals surface area contributed by atoms with Gasteiger partial charge in [-0.05, 0) is 60.9 Å². The summed E-state index contributed by atoms with van der Waals surface area (Å²) in [5.41, 5.74) is 4.54. The van der Waals surface area contributed by atoms with Crippen molar-refractivity contribution in [1.29, 1.82) is 0 Å². The Morgan fingerprint density at radius 3 is 2.62 bits per heavy atom. The highest BCUT2D eigenvalue weighted by Crippen LogP contribution is 2.31. The van der Waals surface area contributed by atoms with Crippen LogP contribution in [0.1, 0.15) is 54.7 Å². The van der Waals surface area contributed by atoms with Gasteiger partial charge in [-0.2, -0.15) is 0 Å². The molecule has 3 amide bonds. The summed E-state index contributed by atoms with van der Waals surface area (Å²) in [5, 5.41) is 8.93. The number of aryl methyl sites for hydroxylation is 1. The minimum atomic E-state index is -0.156. The van der Waals surface area contributed by atoms with Gasteiger partial charge in [0.1, 0.15) is 0 Å². The first-order valence-corrected chi connectivity index (χ1v) is 10.7. The highest BCUT2D eigenvalue weighted by Gasteiger charge is 2.25. The van der Waals surface area contributed by atoms with E-state index in [-0.39, 0.29) is 17.9 Å². The third kappa shape index (κ3) is 4.97. The lowest BCUT2D eigenvalue weighted by Crippen LogP contribution is -2.38. The number of benzene rings is 2. The number of carbonyl (C=O) groups excluding carboxylic acids is 2. The van der Waals surface area contributed by atoms with Gasteiger partial charge in [-0.25, -0.2) is 4.79 Å². The van der Waals surface area contributed by atoms with E-state index < -0.39 is 0 Å². The maximum Gasteiger partial charge on any atom is 0.315 e. The zero-order chi connectivity index (χ0) is 20.1. The van der Waals surface area contributed by atoms with Crippen LogP contribution in [0.15, 0.2) is 48.5 Å². The Labute approximate surface area is 172 Å². The summed E-state index contributed by atoms with van der Waals surface area (Å²) in [6.07, 6.45) is 6.53. The number of carbonyl (C=O) groups is 2. The summed E-state index contributed by atoms with van der Waals surface area (Å²) in [6.45, 7) is 1.08. The van der Waals surface area contributed by atoms with Crippen LogP contribution in [0.3, 0.4) is 0 Å². The molecule has 0 heterocycles. The predicted molar refractivity (Wildman–Crippen MR) is 115 cm³/mol. The van der Waals surface area contributed by atoms with Crippen LogP contribution in [-0.2, 0) is 17.8 Å². The molecule has 4 rings (SSSR count). The summed E-state index contributed by atoms with van der Waals surface area (Å²) < 4.78 is 0. The predicted octanol–water partition coefficient (Wildman–Crippen LogP) is 4.34. The molecule has 0 radical (unpaired) electrons. The van der Waals surface area contributed by atoms with Gasteiger partial charge in [0.2, 0.25) is 5.91 Å². The van der Waals surface area contributed by atoms with E-state index in [1.54, 1.807) is 0 Å². The highest BCUT2D eigenvalue weighted by molar-refractivity contribution is 5.93. The Kier molecular flexibility index (Phi) is 6.13. The number of nitrogens with one attached hydrogen (secondary N) is 3. The van der Waals surface area contributed by atoms with Gasteiger partial charge in [0, 0.05) is 30.6 Å². The molecule has 5 heteroatoms. The second-order valence-corrected chi connectivity index (χ2v) is 8.17. The molecule has 1 atom stereocenters. The molecular formula is C24H29N3O2. The van der Waals surface area contributed by atoms with Crippen molar-refractivity contribution in [3.05, 3.63) is 65.2 Å². The van der Waals surface area contributed by atoms with Crippen molar-refractivity contribution in [2.24, 2.45) is 5.92 Å². The number of fused-ring (bicyclic) bond motifs is 1. The van der Waals surface area contributed by atoms with E-state index in [2.05, 4.69) is 40.2 Å². The average molecular weight is 392 g/mol. The maximum absolute atomic E-state index is 12.3. The third-order valence-corrected chi connectivity index (χ3v) is 6.13. The molecule has 2 aliphatic carbocycles. The third-order valence-electron chi connectivity index (χ3n) is 6.13. The van der Waals surface area contributed by atoms with Gasteiger partial charge in [-0.1, -0.05) is 42.8 Å². The monoisotopic (exact) mass is 391 g/mol. The second-order valence-electron chi connectivity index (χ2n) is 8.17. The number of urea groups is 1. The molecule has 29 heavy (non-hydrogen) atoms. The standard InChI is InChI=1S/C24H29N3O2/c28-23(19-9-5-10-19)27-21-12-3-6-17(14-21)15-25-24(29)26-16-20-11-4-8-18-7-1-2-13-22(18)20/h1-3,6-7,12-14,19-20H,4-5,8-11,15-16H2,(H,27,28)(H2,25,26,29). The largest absolute Gasteiger partial charge is 0.338 e. The lowest BCUT2D eigenvalue weighted by atomic mass is 9.83. The first-order valence-electron chi connectivity index (χ1n) is 10.7. The number of rotatable bonds is 6. The fourth-order valence-electron chi connectivity index (χ4n) is 4.20. The van der Waals surface area contributed by atoms with E-state index in [1.807, 2.05) is 24.3 Å². The van der Waals surface area contributed by atoms with Crippen LogP contribution < -0.4 is 16.0 Å². The maximum atomic E-state index is 12.3. The van der Waals surface area contributed by atoms with Crippen LogP contribution in [0, 0.1) is 5.92 Å². The Bertz CT molecular complexity index is 876. The minimum absolute atomic E-state index is 0.104. The molecule has 3 N–H and O–H groups in total. The van der Waals surface area contributed by atoms with E-state index in [9.17, 15) is 9.59 Å². The summed E-state index contributed by atoms with van der Waals surface area (Å²) in [5.74, 6) is 0.648. The minimum Gasteiger partial charge on any atom is -0.338 e. The Balaban J connectivity index is 1.25. The fourth-order valence-corrected chi connectivity index (χ4v) is 4.20. The smallest absolute Gasteiger partial charge is 0.315 e. The molecule has 0 spiro atoms. The van der Waals surface area contributed by atoms with Crippen LogP contribution in [0.5, 0.6) is 0 Å². The van der Waals surface area contributed by atoms with E-state index >= 15 is 0 Å². The quantitative estimate of drug-likeness (QED) is 0.685. The van der Waals surface area contributed by atoms with Crippen molar-refractivity contribution in [2.75, 3.05) is 11.9 Å². The first kappa shape index (κ1) is 19.5. The Hall–Kier alpha value is -2.82. The number of hydrogen-bond donors (Lipinski definition) is 3. The van der Waals surface area contributed by atoms with Gasteiger partial charge in [-0.15, -0.1) is 0 Å². The molecular weight excluding hydrogens is 362 g/mol. The van der Waals surface area contributed by atoms with Crippen molar-refractivity contribution < 1.29 is 9.59 Å². The highest BCUT2D eigenvalue weighted by atomic mass is 16.2. The Morgan fingerprint density at radius 2 is 1.79 bits per heavy atom. The van der Waals surface area contributed by atoms with Crippen molar-refractivity contribution in [3.63, 3.8) is 0 Å². The molecule has 1 unspecified atom stereocenters. The van der Waals surface area contributed by atoms with Crippen molar-refractivity contribution in [1.82, 2.24) is 10.6 Å². The molecule has 0 bridgehead atoms. The summed E-state index contributed by atoms with van der Waals surface area (Å²) in [7, 11) is 0. The Morgan fingerprint density at radius 1 is 0.931 bits per heavy atom. The second kappa shape index (κ2) is 9.12. The van der Waals surface area contributed by atoms with Gasteiger partial charge in [0.25, 0.3) is 0 Å². The summed E-state index contributed by atoms with van der Waals surface area (Å²) in [4.78, 5) is 24.4. The molecule has 1 saturated carbocycles.